The van der Waals surface area contributed by atoms with Gasteiger partial charge < -0.3 is 23.3 Å². The molecule has 0 unspecified atom stereocenters. The first-order valence-electron chi connectivity index (χ1n) is 7.33. The molecule has 3 aromatic heterocycles. The van der Waals surface area contributed by atoms with E-state index in [9.17, 15) is 0 Å². The summed E-state index contributed by atoms with van der Waals surface area (Å²) in [6, 6.07) is 0. The standard InChI is InChI=1S/3C5H9N2.O3P/c3*1-6-3-4-7(2)5-6;1-4(2)3/h3*3-5H,1-2H3;/q3*+1;-3. The molecule has 0 aliphatic heterocycles. The van der Waals surface area contributed by atoms with Crippen LogP contribution in [0.15, 0.2) is 56.2 Å². The van der Waals surface area contributed by atoms with Crippen LogP contribution < -0.4 is 28.4 Å². The van der Waals surface area contributed by atoms with Crippen LogP contribution in [-0.4, -0.2) is 13.7 Å². The van der Waals surface area contributed by atoms with Gasteiger partial charge in [-0.25, -0.2) is 27.4 Å². The molecule has 0 bridgehead atoms. The Morgan fingerprint density at radius 2 is 0.800 bits per heavy atom. The van der Waals surface area contributed by atoms with Gasteiger partial charge in [-0.1, -0.05) is 0 Å². The highest BCUT2D eigenvalue weighted by atomic mass is 31.2. The van der Waals surface area contributed by atoms with E-state index in [0.29, 0.717) is 0 Å². The minimum absolute atomic E-state index is 2.00. The van der Waals surface area contributed by atoms with Crippen LogP contribution >= 0.6 is 8.60 Å². The number of rotatable bonds is 0. The molecule has 0 amide bonds. The van der Waals surface area contributed by atoms with E-state index in [4.69, 9.17) is 14.7 Å². The van der Waals surface area contributed by atoms with E-state index in [2.05, 4.69) is 0 Å². The molecule has 0 saturated carbocycles. The van der Waals surface area contributed by atoms with Gasteiger partial charge in [-0.2, -0.15) is 0 Å². The maximum atomic E-state index is 8.48. The van der Waals surface area contributed by atoms with Gasteiger partial charge in [0.2, 0.25) is 19.0 Å². The van der Waals surface area contributed by atoms with Crippen molar-refractivity contribution >= 4 is 8.60 Å². The van der Waals surface area contributed by atoms with Gasteiger partial charge in [0.05, 0.1) is 42.3 Å². The Hall–Kier alpha value is -2.06. The lowest BCUT2D eigenvalue weighted by atomic mass is 10.9. The molecular weight excluding hydrogens is 343 g/mol. The third kappa shape index (κ3) is 14.0. The Labute approximate surface area is 149 Å². The van der Waals surface area contributed by atoms with Gasteiger partial charge in [-0.3, -0.25) is 0 Å². The molecule has 140 valence electrons. The molecule has 0 aliphatic carbocycles. The summed E-state index contributed by atoms with van der Waals surface area (Å²) in [5, 5.41) is 0. The maximum Gasteiger partial charge on any atom is 0.243 e. The van der Waals surface area contributed by atoms with Gasteiger partial charge in [0.25, 0.3) is 0 Å². The molecule has 0 fully saturated rings. The van der Waals surface area contributed by atoms with E-state index in [1.807, 2.05) is 126 Å². The summed E-state index contributed by atoms with van der Waals surface area (Å²) in [5.74, 6) is 0. The van der Waals surface area contributed by atoms with Crippen LogP contribution in [0.3, 0.4) is 0 Å². The summed E-state index contributed by atoms with van der Waals surface area (Å²) in [5.41, 5.74) is 0. The van der Waals surface area contributed by atoms with Gasteiger partial charge in [0.15, 0.2) is 0 Å². The summed E-state index contributed by atoms with van der Waals surface area (Å²) in [4.78, 5) is 25.4. The molecule has 0 aromatic carbocycles. The number of aryl methyl sites for hydroxylation is 6. The van der Waals surface area contributed by atoms with Crippen molar-refractivity contribution < 1.29 is 28.4 Å². The van der Waals surface area contributed by atoms with E-state index in [0.717, 1.165) is 0 Å². The Balaban J connectivity index is 0.000000314. The minimum atomic E-state index is -3.37. The Bertz CT molecular complexity index is 564. The summed E-state index contributed by atoms with van der Waals surface area (Å²) >= 11 is 0. The largest absolute Gasteiger partial charge is 0.854 e. The molecule has 0 radical (unpaired) electrons. The molecule has 9 nitrogen and oxygen atoms in total. The number of aromatic nitrogens is 6. The van der Waals surface area contributed by atoms with Crippen molar-refractivity contribution in [2.45, 2.75) is 0 Å². The molecule has 3 aromatic rings. The van der Waals surface area contributed by atoms with Gasteiger partial charge in [0.1, 0.15) is 37.2 Å². The molecule has 0 aliphatic rings. The lowest BCUT2D eigenvalue weighted by Crippen LogP contribution is -2.23. The molecule has 3 rings (SSSR count). The predicted molar refractivity (Wildman–Crippen MR) is 86.7 cm³/mol. The van der Waals surface area contributed by atoms with Crippen LogP contribution in [0.4, 0.5) is 0 Å². The van der Waals surface area contributed by atoms with Crippen molar-refractivity contribution in [3.05, 3.63) is 56.2 Å². The quantitative estimate of drug-likeness (QED) is 0.309. The van der Waals surface area contributed by atoms with Crippen molar-refractivity contribution in [2.24, 2.45) is 42.3 Å². The molecule has 0 N–H and O–H groups in total. The van der Waals surface area contributed by atoms with Crippen molar-refractivity contribution in [1.82, 2.24) is 13.7 Å². The van der Waals surface area contributed by atoms with Crippen LogP contribution in [0.5, 0.6) is 0 Å². The zero-order valence-corrected chi connectivity index (χ0v) is 16.4. The lowest BCUT2D eigenvalue weighted by molar-refractivity contribution is -0.671. The normalized spacial score (nSPS) is 9.36. The third-order valence-corrected chi connectivity index (χ3v) is 2.70. The SMILES string of the molecule is Cn1cc[n+](C)c1.Cn1cc[n+](C)c1.Cn1cc[n+](C)c1.[O-]P([O-])[O-]. The third-order valence-electron chi connectivity index (χ3n) is 2.70. The highest BCUT2D eigenvalue weighted by Crippen LogP contribution is 1.85. The van der Waals surface area contributed by atoms with Crippen LogP contribution in [0.2, 0.25) is 0 Å². The van der Waals surface area contributed by atoms with Crippen LogP contribution in [0.1, 0.15) is 0 Å². The number of nitrogens with zero attached hydrogens (tertiary/aromatic N) is 6. The summed E-state index contributed by atoms with van der Waals surface area (Å²) < 4.78 is 12.0. The second kappa shape index (κ2) is 12.3. The fourth-order valence-corrected chi connectivity index (χ4v) is 1.72. The topological polar surface area (TPSA) is 95.6 Å². The smallest absolute Gasteiger partial charge is 0.243 e. The molecule has 0 spiro atoms. The van der Waals surface area contributed by atoms with Crippen molar-refractivity contribution in [2.75, 3.05) is 0 Å². The zero-order valence-electron chi connectivity index (χ0n) is 15.6. The Morgan fingerprint density at radius 1 is 0.600 bits per heavy atom. The fraction of sp³-hybridized carbons (Fsp3) is 0.400. The van der Waals surface area contributed by atoms with E-state index in [1.54, 1.807) is 0 Å². The van der Waals surface area contributed by atoms with Crippen molar-refractivity contribution in [1.29, 1.82) is 0 Å². The maximum absolute atomic E-state index is 8.48. The average molecular weight is 370 g/mol. The molecule has 3 heterocycles. The van der Waals surface area contributed by atoms with Gasteiger partial charge >= 0.3 is 0 Å². The van der Waals surface area contributed by atoms with Gasteiger partial charge in [-0.15, -0.1) is 0 Å². The van der Waals surface area contributed by atoms with E-state index < -0.39 is 8.60 Å². The molecule has 25 heavy (non-hydrogen) atoms. The highest BCUT2D eigenvalue weighted by Gasteiger charge is 1.88. The summed E-state index contributed by atoms with van der Waals surface area (Å²) in [6.07, 6.45) is 18.0. The van der Waals surface area contributed by atoms with Gasteiger partial charge in [-0.05, 0) is 0 Å². The number of hydrogen-bond donors (Lipinski definition) is 0. The predicted octanol–water partition coefficient (Wildman–Crippen LogP) is -3.16. The average Bonchev–Trinajstić information content (AvgIpc) is 3.15. The number of hydrogen-bond acceptors (Lipinski definition) is 3. The first kappa shape index (κ1) is 22.9. The summed E-state index contributed by atoms with van der Waals surface area (Å²) in [7, 11) is 8.63. The molecule has 0 atom stereocenters. The first-order chi connectivity index (χ1) is 11.6. The molecule has 0 saturated heterocycles. The zero-order chi connectivity index (χ0) is 19.4. The van der Waals surface area contributed by atoms with E-state index in [1.165, 1.54) is 0 Å². The highest BCUT2D eigenvalue weighted by molar-refractivity contribution is 7.33. The fourth-order valence-electron chi connectivity index (χ4n) is 1.72. The van der Waals surface area contributed by atoms with Crippen molar-refractivity contribution in [3.8, 4) is 0 Å². The van der Waals surface area contributed by atoms with Gasteiger partial charge in [0, 0.05) is 0 Å². The Morgan fingerprint density at radius 3 is 0.840 bits per heavy atom. The van der Waals surface area contributed by atoms with Crippen molar-refractivity contribution in [3.63, 3.8) is 0 Å². The second-order valence-corrected chi connectivity index (χ2v) is 5.90. The minimum Gasteiger partial charge on any atom is -0.854 e. The number of imidazole rings is 3. The van der Waals surface area contributed by atoms with E-state index >= 15 is 0 Å². The summed E-state index contributed by atoms with van der Waals surface area (Å²) in [6.45, 7) is 0. The first-order valence-corrected chi connectivity index (χ1v) is 8.42. The lowest BCUT2D eigenvalue weighted by Gasteiger charge is -2.39. The van der Waals surface area contributed by atoms with Crippen LogP contribution in [0.25, 0.3) is 0 Å². The van der Waals surface area contributed by atoms with E-state index in [-0.39, 0.29) is 0 Å². The monoisotopic (exact) mass is 370 g/mol. The van der Waals surface area contributed by atoms with Crippen LogP contribution in [0, 0.1) is 0 Å². The second-order valence-electron chi connectivity index (χ2n) is 5.46. The molecular formula is C15H27N6O3P. The van der Waals surface area contributed by atoms with Crippen LogP contribution in [-0.2, 0) is 42.3 Å². The molecule has 10 heteroatoms. The Kier molecular flexibility index (Phi) is 11.3.